The number of nitrogens with zero attached hydrogens (tertiary/aromatic N) is 2. The Kier molecular flexibility index (Phi) is 6.99. The molecule has 33 heavy (non-hydrogen) atoms. The maximum Gasteiger partial charge on any atom is 0.337 e. The second kappa shape index (κ2) is 9.93. The van der Waals surface area contributed by atoms with E-state index in [0.29, 0.717) is 16.1 Å². The van der Waals surface area contributed by atoms with Gasteiger partial charge in [-0.15, -0.1) is 11.3 Å². The quantitative estimate of drug-likeness (QED) is 0.629. The summed E-state index contributed by atoms with van der Waals surface area (Å²) in [4.78, 5) is 42.1. The van der Waals surface area contributed by atoms with Crippen molar-refractivity contribution in [3.63, 3.8) is 0 Å². The van der Waals surface area contributed by atoms with Gasteiger partial charge in [-0.25, -0.2) is 4.79 Å². The van der Waals surface area contributed by atoms with Crippen LogP contribution in [-0.2, 0) is 22.4 Å². The fourth-order valence-electron chi connectivity index (χ4n) is 4.66. The minimum Gasteiger partial charge on any atom is -0.465 e. The number of carbonyl (C=O) groups is 3. The Labute approximate surface area is 197 Å². The zero-order valence-electron chi connectivity index (χ0n) is 19.1. The normalized spacial score (nSPS) is 18.5. The van der Waals surface area contributed by atoms with E-state index in [4.69, 9.17) is 10.5 Å². The third kappa shape index (κ3) is 5.04. The van der Waals surface area contributed by atoms with E-state index in [1.807, 2.05) is 12.1 Å². The van der Waals surface area contributed by atoms with Crippen LogP contribution in [0.2, 0.25) is 0 Å². The average molecular weight is 471 g/mol. The van der Waals surface area contributed by atoms with Gasteiger partial charge in [-0.1, -0.05) is 0 Å². The number of ether oxygens (including phenoxy) is 1. The molecular weight excluding hydrogens is 440 g/mol. The number of rotatable bonds is 6. The molecule has 1 atom stereocenters. The molecule has 1 saturated heterocycles. The van der Waals surface area contributed by atoms with Crippen LogP contribution in [0.1, 0.15) is 50.9 Å². The Balaban J connectivity index is 1.36. The number of esters is 1. The molecule has 1 aliphatic heterocycles. The highest BCUT2D eigenvalue weighted by atomic mass is 32.1. The van der Waals surface area contributed by atoms with E-state index in [-0.39, 0.29) is 24.5 Å². The standard InChI is InChI=1S/C24H30N4O4S/c1-15-13-28(17-9-7-16(8-10-17)24(31)32-2)12-11-27(15)14-20(29)26-23-21(22(25)30)18-5-3-4-6-19(18)33-23/h7-10,15H,3-6,11-14H2,1-2H3,(H2,25,30)(H,26,29). The average Bonchev–Trinajstić information content (AvgIpc) is 3.17. The monoisotopic (exact) mass is 470 g/mol. The maximum atomic E-state index is 12.8. The summed E-state index contributed by atoms with van der Waals surface area (Å²) in [5.74, 6) is -0.944. The molecule has 0 radical (unpaired) electrons. The lowest BCUT2D eigenvalue weighted by atomic mass is 9.95. The number of piperazine rings is 1. The predicted molar refractivity (Wildman–Crippen MR) is 129 cm³/mol. The third-order valence-corrected chi connectivity index (χ3v) is 7.64. The first kappa shape index (κ1) is 23.3. The van der Waals surface area contributed by atoms with Gasteiger partial charge in [-0.3, -0.25) is 14.5 Å². The molecule has 0 bridgehead atoms. The van der Waals surface area contributed by atoms with E-state index < -0.39 is 5.91 Å². The summed E-state index contributed by atoms with van der Waals surface area (Å²) >= 11 is 1.49. The molecule has 1 fully saturated rings. The number of hydrogen-bond donors (Lipinski definition) is 2. The fraction of sp³-hybridized carbons (Fsp3) is 0.458. The highest BCUT2D eigenvalue weighted by molar-refractivity contribution is 7.17. The van der Waals surface area contributed by atoms with Crippen LogP contribution in [0.3, 0.4) is 0 Å². The Bertz CT molecular complexity index is 1050. The second-order valence-corrected chi connectivity index (χ2v) is 9.74. The molecule has 2 amide bonds. The van der Waals surface area contributed by atoms with Crippen molar-refractivity contribution in [3.05, 3.63) is 45.8 Å². The smallest absolute Gasteiger partial charge is 0.337 e. The number of primary amides is 1. The molecule has 9 heteroatoms. The first-order valence-electron chi connectivity index (χ1n) is 11.3. The molecule has 2 aliphatic rings. The lowest BCUT2D eigenvalue weighted by Crippen LogP contribution is -2.53. The Morgan fingerprint density at radius 2 is 1.88 bits per heavy atom. The minimum atomic E-state index is -0.468. The summed E-state index contributed by atoms with van der Waals surface area (Å²) in [7, 11) is 1.37. The van der Waals surface area contributed by atoms with Gasteiger partial charge in [0.2, 0.25) is 5.91 Å². The zero-order chi connectivity index (χ0) is 23.5. The number of nitrogens with two attached hydrogens (primary N) is 1. The lowest BCUT2D eigenvalue weighted by molar-refractivity contribution is -0.117. The number of anilines is 2. The fourth-order valence-corrected chi connectivity index (χ4v) is 5.97. The summed E-state index contributed by atoms with van der Waals surface area (Å²) in [6, 6.07) is 7.54. The number of carbonyl (C=O) groups excluding carboxylic acids is 3. The van der Waals surface area contributed by atoms with Gasteiger partial charge < -0.3 is 20.7 Å². The van der Waals surface area contributed by atoms with Crippen LogP contribution >= 0.6 is 11.3 Å². The van der Waals surface area contributed by atoms with Gasteiger partial charge in [-0.05, 0) is 62.4 Å². The summed E-state index contributed by atoms with van der Waals surface area (Å²) in [5, 5.41) is 3.56. The summed E-state index contributed by atoms with van der Waals surface area (Å²) in [6.07, 6.45) is 3.94. The molecule has 3 N–H and O–H groups in total. The Hall–Kier alpha value is -2.91. The first-order valence-corrected chi connectivity index (χ1v) is 12.1. The van der Waals surface area contributed by atoms with Gasteiger partial charge in [0, 0.05) is 36.2 Å². The van der Waals surface area contributed by atoms with Gasteiger partial charge in [0.15, 0.2) is 0 Å². The Morgan fingerprint density at radius 3 is 2.55 bits per heavy atom. The van der Waals surface area contributed by atoms with Gasteiger partial charge >= 0.3 is 5.97 Å². The number of aryl methyl sites for hydroxylation is 1. The summed E-state index contributed by atoms with van der Waals surface area (Å²) < 4.78 is 4.75. The van der Waals surface area contributed by atoms with Gasteiger partial charge in [0.1, 0.15) is 5.00 Å². The Morgan fingerprint density at radius 1 is 1.15 bits per heavy atom. The van der Waals surface area contributed by atoms with Crippen molar-refractivity contribution in [2.75, 3.05) is 43.5 Å². The highest BCUT2D eigenvalue weighted by Crippen LogP contribution is 2.37. The minimum absolute atomic E-state index is 0.126. The SMILES string of the molecule is COC(=O)c1ccc(N2CCN(CC(=O)Nc3sc4c(c3C(N)=O)CCCC4)C(C)C2)cc1. The number of benzene rings is 1. The molecule has 1 unspecified atom stereocenters. The van der Waals surface area contributed by atoms with Crippen molar-refractivity contribution < 1.29 is 19.1 Å². The maximum absolute atomic E-state index is 12.8. The van der Waals surface area contributed by atoms with Crippen LogP contribution < -0.4 is 16.0 Å². The van der Waals surface area contributed by atoms with Crippen molar-refractivity contribution >= 4 is 39.8 Å². The molecule has 1 aromatic heterocycles. The van der Waals surface area contributed by atoms with Crippen LogP contribution in [0.4, 0.5) is 10.7 Å². The topological polar surface area (TPSA) is 105 Å². The molecule has 0 spiro atoms. The lowest BCUT2D eigenvalue weighted by Gasteiger charge is -2.40. The molecule has 0 saturated carbocycles. The largest absolute Gasteiger partial charge is 0.465 e. The van der Waals surface area contributed by atoms with E-state index in [9.17, 15) is 14.4 Å². The molecule has 176 valence electrons. The zero-order valence-corrected chi connectivity index (χ0v) is 19.9. The molecule has 4 rings (SSSR count). The van der Waals surface area contributed by atoms with Crippen LogP contribution in [-0.4, -0.2) is 62.0 Å². The van der Waals surface area contributed by atoms with Crippen LogP contribution in [0.15, 0.2) is 24.3 Å². The molecule has 1 aliphatic carbocycles. The van der Waals surface area contributed by atoms with Gasteiger partial charge in [0.05, 0.1) is 24.8 Å². The van der Waals surface area contributed by atoms with E-state index in [1.165, 1.54) is 23.3 Å². The van der Waals surface area contributed by atoms with Crippen molar-refractivity contribution in [1.29, 1.82) is 0 Å². The number of thiophene rings is 1. The number of methoxy groups -OCH3 is 1. The first-order chi connectivity index (χ1) is 15.9. The predicted octanol–water partition coefficient (Wildman–Crippen LogP) is 2.66. The molecule has 8 nitrogen and oxygen atoms in total. The highest BCUT2D eigenvalue weighted by Gasteiger charge is 2.28. The van der Waals surface area contributed by atoms with Gasteiger partial charge in [0.25, 0.3) is 5.91 Å². The third-order valence-electron chi connectivity index (χ3n) is 6.44. The van der Waals surface area contributed by atoms with E-state index >= 15 is 0 Å². The number of hydrogen-bond acceptors (Lipinski definition) is 7. The van der Waals surface area contributed by atoms with Gasteiger partial charge in [-0.2, -0.15) is 0 Å². The molecule has 2 heterocycles. The van der Waals surface area contributed by atoms with E-state index in [0.717, 1.165) is 56.6 Å². The number of nitrogens with one attached hydrogen (secondary N) is 1. The van der Waals surface area contributed by atoms with E-state index in [1.54, 1.807) is 12.1 Å². The second-order valence-electron chi connectivity index (χ2n) is 8.63. The molecular formula is C24H30N4O4S. The van der Waals surface area contributed by atoms with Crippen molar-refractivity contribution in [2.24, 2.45) is 5.73 Å². The summed E-state index contributed by atoms with van der Waals surface area (Å²) in [6.45, 7) is 4.63. The van der Waals surface area contributed by atoms with Crippen LogP contribution in [0.5, 0.6) is 0 Å². The summed E-state index contributed by atoms with van der Waals surface area (Å²) in [5.41, 5.74) is 8.72. The van der Waals surface area contributed by atoms with E-state index in [2.05, 4.69) is 22.0 Å². The number of amides is 2. The van der Waals surface area contributed by atoms with Crippen LogP contribution in [0, 0.1) is 0 Å². The molecule has 2 aromatic rings. The van der Waals surface area contributed by atoms with Crippen LogP contribution in [0.25, 0.3) is 0 Å². The van der Waals surface area contributed by atoms with Crippen molar-refractivity contribution in [1.82, 2.24) is 4.90 Å². The molecule has 1 aromatic carbocycles. The van der Waals surface area contributed by atoms with Crippen molar-refractivity contribution in [2.45, 2.75) is 38.6 Å². The number of fused-ring (bicyclic) bond motifs is 1. The van der Waals surface area contributed by atoms with Crippen molar-refractivity contribution in [3.8, 4) is 0 Å².